The molecular weight excluding hydrogens is 239 g/mol. The molecule has 2 nitrogen and oxygen atoms in total. The predicted molar refractivity (Wildman–Crippen MR) is 79.1 cm³/mol. The Bertz CT molecular complexity index is 433. The number of nitrogens with zero attached hydrogens (tertiary/aromatic N) is 1. The van der Waals surface area contributed by atoms with Crippen molar-refractivity contribution >= 4 is 5.69 Å². The quantitative estimate of drug-likeness (QED) is 0.888. The molecule has 1 saturated heterocycles. The van der Waals surface area contributed by atoms with E-state index in [9.17, 15) is 4.39 Å². The van der Waals surface area contributed by atoms with E-state index >= 15 is 0 Å². The standard InChI is InChI=1S/C16H25FN2/c1-5-13-10-9-11(2)19(13)15-8-6-7-14(17)16(15)12(3)18-4/h6-8,11-13,18H,5,9-10H2,1-4H3. The third-order valence-corrected chi connectivity index (χ3v) is 4.43. The zero-order chi connectivity index (χ0) is 14.0. The minimum Gasteiger partial charge on any atom is -0.365 e. The fraction of sp³-hybridized carbons (Fsp3) is 0.625. The molecule has 1 aromatic rings. The molecule has 106 valence electrons. The van der Waals surface area contributed by atoms with Gasteiger partial charge < -0.3 is 10.2 Å². The molecule has 1 fully saturated rings. The monoisotopic (exact) mass is 264 g/mol. The van der Waals surface area contributed by atoms with Crippen LogP contribution in [0.1, 0.15) is 51.6 Å². The van der Waals surface area contributed by atoms with Crippen LogP contribution in [0.3, 0.4) is 0 Å². The zero-order valence-electron chi connectivity index (χ0n) is 12.4. The fourth-order valence-electron chi connectivity index (χ4n) is 3.23. The van der Waals surface area contributed by atoms with E-state index in [0.717, 1.165) is 17.7 Å². The van der Waals surface area contributed by atoms with Crippen molar-refractivity contribution in [3.05, 3.63) is 29.6 Å². The number of halogens is 1. The van der Waals surface area contributed by atoms with Gasteiger partial charge in [-0.05, 0) is 52.3 Å². The molecule has 0 saturated carbocycles. The van der Waals surface area contributed by atoms with Crippen LogP contribution in [0.5, 0.6) is 0 Å². The van der Waals surface area contributed by atoms with Gasteiger partial charge in [-0.3, -0.25) is 0 Å². The molecule has 2 rings (SSSR count). The minimum absolute atomic E-state index is 0.0292. The summed E-state index contributed by atoms with van der Waals surface area (Å²) in [4.78, 5) is 2.42. The molecule has 1 aliphatic heterocycles. The van der Waals surface area contributed by atoms with Crippen molar-refractivity contribution in [2.75, 3.05) is 11.9 Å². The van der Waals surface area contributed by atoms with Gasteiger partial charge >= 0.3 is 0 Å². The van der Waals surface area contributed by atoms with Crippen molar-refractivity contribution in [3.63, 3.8) is 0 Å². The first kappa shape index (κ1) is 14.3. The van der Waals surface area contributed by atoms with Gasteiger partial charge in [-0.1, -0.05) is 13.0 Å². The first-order valence-corrected chi connectivity index (χ1v) is 7.34. The molecule has 1 heterocycles. The summed E-state index contributed by atoms with van der Waals surface area (Å²) in [5, 5.41) is 3.17. The summed E-state index contributed by atoms with van der Waals surface area (Å²) in [6.45, 7) is 6.48. The van der Waals surface area contributed by atoms with Crippen molar-refractivity contribution in [1.29, 1.82) is 0 Å². The smallest absolute Gasteiger partial charge is 0.130 e. The van der Waals surface area contributed by atoms with E-state index in [4.69, 9.17) is 0 Å². The van der Waals surface area contributed by atoms with Crippen molar-refractivity contribution < 1.29 is 4.39 Å². The maximum Gasteiger partial charge on any atom is 0.130 e. The lowest BCUT2D eigenvalue weighted by atomic mass is 10.0. The normalized spacial score (nSPS) is 24.8. The molecule has 0 aromatic heterocycles. The van der Waals surface area contributed by atoms with Gasteiger partial charge in [0.25, 0.3) is 0 Å². The summed E-state index contributed by atoms with van der Waals surface area (Å²) in [5.74, 6) is -0.103. The molecule has 3 unspecified atom stereocenters. The maximum absolute atomic E-state index is 14.2. The second kappa shape index (κ2) is 5.91. The van der Waals surface area contributed by atoms with E-state index < -0.39 is 0 Å². The summed E-state index contributed by atoms with van der Waals surface area (Å²) in [7, 11) is 1.88. The van der Waals surface area contributed by atoms with E-state index in [-0.39, 0.29) is 11.9 Å². The van der Waals surface area contributed by atoms with Crippen LogP contribution in [-0.2, 0) is 0 Å². The first-order chi connectivity index (χ1) is 9.10. The largest absolute Gasteiger partial charge is 0.365 e. The van der Waals surface area contributed by atoms with Gasteiger partial charge in [0, 0.05) is 29.4 Å². The van der Waals surface area contributed by atoms with Gasteiger partial charge in [0.05, 0.1) is 0 Å². The molecule has 1 aromatic carbocycles. The lowest BCUT2D eigenvalue weighted by Crippen LogP contribution is -2.35. The minimum atomic E-state index is -0.103. The maximum atomic E-state index is 14.2. The lowest BCUT2D eigenvalue weighted by Gasteiger charge is -2.33. The van der Waals surface area contributed by atoms with Gasteiger partial charge in [0.15, 0.2) is 0 Å². The number of hydrogen-bond acceptors (Lipinski definition) is 2. The van der Waals surface area contributed by atoms with E-state index in [1.807, 2.05) is 20.0 Å². The molecule has 0 amide bonds. The van der Waals surface area contributed by atoms with Crippen LogP contribution in [-0.4, -0.2) is 19.1 Å². The molecule has 0 bridgehead atoms. The Morgan fingerprint density at radius 1 is 1.42 bits per heavy atom. The van der Waals surface area contributed by atoms with Crippen molar-refractivity contribution in [2.45, 2.75) is 58.2 Å². The van der Waals surface area contributed by atoms with Crippen LogP contribution in [0.4, 0.5) is 10.1 Å². The topological polar surface area (TPSA) is 15.3 Å². The molecule has 1 N–H and O–H groups in total. The van der Waals surface area contributed by atoms with Crippen LogP contribution < -0.4 is 10.2 Å². The number of rotatable bonds is 4. The molecule has 19 heavy (non-hydrogen) atoms. The lowest BCUT2D eigenvalue weighted by molar-refractivity contribution is 0.551. The average Bonchev–Trinajstić information content (AvgIpc) is 2.78. The second-order valence-electron chi connectivity index (χ2n) is 5.58. The third kappa shape index (κ3) is 2.62. The van der Waals surface area contributed by atoms with Crippen LogP contribution in [0.25, 0.3) is 0 Å². The summed E-state index contributed by atoms with van der Waals surface area (Å²) in [6.07, 6.45) is 3.53. The Hall–Kier alpha value is -1.09. The van der Waals surface area contributed by atoms with Crippen LogP contribution >= 0.6 is 0 Å². The van der Waals surface area contributed by atoms with E-state index in [0.29, 0.717) is 12.1 Å². The summed E-state index contributed by atoms with van der Waals surface area (Å²) < 4.78 is 14.2. The van der Waals surface area contributed by atoms with Gasteiger partial charge in [0.1, 0.15) is 5.82 Å². The first-order valence-electron chi connectivity index (χ1n) is 7.34. The van der Waals surface area contributed by atoms with Crippen LogP contribution in [0.15, 0.2) is 18.2 Å². The Morgan fingerprint density at radius 3 is 2.79 bits per heavy atom. The highest BCUT2D eigenvalue weighted by Gasteiger charge is 2.32. The summed E-state index contributed by atoms with van der Waals surface area (Å²) in [5.41, 5.74) is 1.87. The van der Waals surface area contributed by atoms with Gasteiger partial charge in [0.2, 0.25) is 0 Å². The number of benzene rings is 1. The molecule has 0 aliphatic carbocycles. The summed E-state index contributed by atoms with van der Waals surface area (Å²) in [6, 6.07) is 6.52. The Morgan fingerprint density at radius 2 is 2.16 bits per heavy atom. The van der Waals surface area contributed by atoms with Crippen LogP contribution in [0.2, 0.25) is 0 Å². The van der Waals surface area contributed by atoms with Crippen molar-refractivity contribution in [2.24, 2.45) is 0 Å². The predicted octanol–water partition coefficient (Wildman–Crippen LogP) is 3.87. The molecule has 1 aliphatic rings. The third-order valence-electron chi connectivity index (χ3n) is 4.43. The SMILES string of the molecule is CCC1CCC(C)N1c1cccc(F)c1C(C)NC. The molecular formula is C16H25FN2. The zero-order valence-corrected chi connectivity index (χ0v) is 12.4. The Kier molecular flexibility index (Phi) is 4.46. The fourth-order valence-corrected chi connectivity index (χ4v) is 3.23. The average molecular weight is 264 g/mol. The van der Waals surface area contributed by atoms with Gasteiger partial charge in [-0.25, -0.2) is 4.39 Å². The Balaban J connectivity index is 2.46. The van der Waals surface area contributed by atoms with Crippen molar-refractivity contribution in [3.8, 4) is 0 Å². The van der Waals surface area contributed by atoms with E-state index in [1.165, 1.54) is 12.8 Å². The van der Waals surface area contributed by atoms with Crippen LogP contribution in [0, 0.1) is 5.82 Å². The number of anilines is 1. The summed E-state index contributed by atoms with van der Waals surface area (Å²) >= 11 is 0. The van der Waals surface area contributed by atoms with Crippen molar-refractivity contribution in [1.82, 2.24) is 5.32 Å². The number of nitrogens with one attached hydrogen (secondary N) is 1. The van der Waals surface area contributed by atoms with E-state index in [2.05, 4.69) is 30.1 Å². The highest BCUT2D eigenvalue weighted by molar-refractivity contribution is 5.57. The second-order valence-corrected chi connectivity index (χ2v) is 5.58. The van der Waals surface area contributed by atoms with Gasteiger partial charge in [-0.15, -0.1) is 0 Å². The molecule has 3 heteroatoms. The number of hydrogen-bond donors (Lipinski definition) is 1. The van der Waals surface area contributed by atoms with E-state index in [1.54, 1.807) is 6.07 Å². The van der Waals surface area contributed by atoms with Gasteiger partial charge in [-0.2, -0.15) is 0 Å². The Labute approximate surface area is 116 Å². The highest BCUT2D eigenvalue weighted by Crippen LogP contribution is 2.37. The highest BCUT2D eigenvalue weighted by atomic mass is 19.1. The molecule has 3 atom stereocenters. The molecule has 0 radical (unpaired) electrons. The molecule has 0 spiro atoms.